The van der Waals surface area contributed by atoms with Crippen LogP contribution in [0, 0.1) is 18.6 Å². The summed E-state index contributed by atoms with van der Waals surface area (Å²) >= 11 is 0. The number of nitrogens with one attached hydrogen (secondary N) is 1. The molecule has 0 fully saturated rings. The third kappa shape index (κ3) is 3.65. The van der Waals surface area contributed by atoms with Gasteiger partial charge in [0.05, 0.1) is 18.1 Å². The lowest BCUT2D eigenvalue weighted by molar-refractivity contribution is 0.0833. The smallest absolute Gasteiger partial charge is 0.262 e. The summed E-state index contributed by atoms with van der Waals surface area (Å²) < 4.78 is 39.0. The van der Waals surface area contributed by atoms with Gasteiger partial charge in [0.1, 0.15) is 17.2 Å². The van der Waals surface area contributed by atoms with Crippen LogP contribution in [0.5, 0.6) is 11.5 Å². The number of aromatic nitrogens is 2. The fraction of sp³-hybridized carbons (Fsp3) is 0.105. The number of hydrogen-bond acceptors (Lipinski definition) is 5. The van der Waals surface area contributed by atoms with E-state index in [1.807, 2.05) is 34.7 Å². The van der Waals surface area contributed by atoms with Crippen LogP contribution in [0.2, 0.25) is 0 Å². The van der Waals surface area contributed by atoms with Crippen LogP contribution in [0.4, 0.5) is 14.6 Å². The molecule has 1 aromatic heterocycles. The van der Waals surface area contributed by atoms with Gasteiger partial charge in [-0.2, -0.15) is 0 Å². The molecule has 6 nitrogen and oxygen atoms in total. The van der Waals surface area contributed by atoms with Crippen molar-refractivity contribution in [3.63, 3.8) is 0 Å². The Kier molecular flexibility index (Phi) is 4.49. The van der Waals surface area contributed by atoms with Crippen LogP contribution in [0.15, 0.2) is 42.7 Å². The molecule has 3 aromatic rings. The zero-order valence-electron chi connectivity index (χ0n) is 15.9. The number of hydrogen-bond donors (Lipinski definition) is 1. The summed E-state index contributed by atoms with van der Waals surface area (Å²) in [5.41, 5.74) is 0.830. The molecule has 0 radical (unpaired) electrons. The lowest BCUT2D eigenvalue weighted by atomic mass is 9.76. The first-order valence-electron chi connectivity index (χ1n) is 8.84. The summed E-state index contributed by atoms with van der Waals surface area (Å²) in [5.74, 6) is -1.52. The van der Waals surface area contributed by atoms with Crippen molar-refractivity contribution >= 4 is 27.4 Å². The average molecular weight is 393 g/mol. The van der Waals surface area contributed by atoms with E-state index in [0.29, 0.717) is 17.2 Å². The molecule has 0 saturated carbocycles. The predicted molar refractivity (Wildman–Crippen MR) is 108 cm³/mol. The lowest BCUT2D eigenvalue weighted by Crippen LogP contribution is -2.39. The lowest BCUT2D eigenvalue weighted by Gasteiger charge is -2.17. The highest BCUT2D eigenvalue weighted by atomic mass is 19.1. The molecule has 0 spiro atoms. The highest BCUT2D eigenvalue weighted by Crippen LogP contribution is 2.41. The Morgan fingerprint density at radius 2 is 1.72 bits per heavy atom. The molecule has 1 amide bonds. The first-order chi connectivity index (χ1) is 13.7. The van der Waals surface area contributed by atoms with Gasteiger partial charge in [-0.25, -0.2) is 13.8 Å². The van der Waals surface area contributed by atoms with Crippen molar-refractivity contribution in [3.05, 3.63) is 65.5 Å². The summed E-state index contributed by atoms with van der Waals surface area (Å²) in [4.78, 5) is 20.6. The van der Waals surface area contributed by atoms with Gasteiger partial charge in [-0.05, 0) is 36.8 Å². The van der Waals surface area contributed by atoms with Crippen molar-refractivity contribution in [1.82, 2.24) is 9.97 Å². The molecule has 0 unspecified atom stereocenters. The Morgan fingerprint density at radius 1 is 1.07 bits per heavy atom. The second-order valence-electron chi connectivity index (χ2n) is 7.06. The Morgan fingerprint density at radius 3 is 2.34 bits per heavy atom. The van der Waals surface area contributed by atoms with Gasteiger partial charge in [0, 0.05) is 5.56 Å². The zero-order chi connectivity index (χ0) is 20.8. The quantitative estimate of drug-likeness (QED) is 0.686. The number of nitrogens with zero attached hydrogens (tertiary/aromatic N) is 2. The number of carbonyl (C=O) groups excluding carboxylic acids is 1. The monoisotopic (exact) mass is 393 g/mol. The number of rotatable bonds is 3. The van der Waals surface area contributed by atoms with Gasteiger partial charge >= 0.3 is 0 Å². The number of benzene rings is 2. The highest BCUT2D eigenvalue weighted by molar-refractivity contribution is 6.38. The number of aryl methyl sites for hydroxylation is 1. The van der Waals surface area contributed by atoms with E-state index >= 15 is 0 Å². The molecule has 2 aromatic carbocycles. The second kappa shape index (κ2) is 6.88. The van der Waals surface area contributed by atoms with Gasteiger partial charge in [-0.1, -0.05) is 6.07 Å². The first kappa shape index (κ1) is 18.9. The third-order valence-electron chi connectivity index (χ3n) is 4.36. The highest BCUT2D eigenvalue weighted by Gasteiger charge is 2.32. The van der Waals surface area contributed by atoms with Crippen molar-refractivity contribution in [3.8, 4) is 22.8 Å². The number of amides is 1. The molecule has 0 bridgehead atoms. The van der Waals surface area contributed by atoms with Crippen molar-refractivity contribution in [2.45, 2.75) is 12.5 Å². The van der Waals surface area contributed by atoms with Crippen molar-refractivity contribution in [2.75, 3.05) is 5.32 Å². The number of carbonyl (C=O) groups is 1. The maximum Gasteiger partial charge on any atom is 0.262 e. The summed E-state index contributed by atoms with van der Waals surface area (Å²) in [6.45, 7) is 1.91. The van der Waals surface area contributed by atoms with Crippen molar-refractivity contribution < 1.29 is 23.0 Å². The zero-order valence-corrected chi connectivity index (χ0v) is 15.9. The van der Waals surface area contributed by atoms with E-state index in [0.717, 1.165) is 23.3 Å². The van der Waals surface area contributed by atoms with Crippen LogP contribution in [0.25, 0.3) is 11.3 Å². The second-order valence-corrected chi connectivity index (χ2v) is 7.06. The Bertz CT molecular complexity index is 1100. The maximum absolute atomic E-state index is 13.7. The molecule has 0 atom stereocenters. The normalized spacial score (nSPS) is 13.9. The molecular formula is C19H15B2F2N3O3. The molecule has 0 aliphatic carbocycles. The summed E-state index contributed by atoms with van der Waals surface area (Å²) in [7, 11) is 3.63. The van der Waals surface area contributed by atoms with Crippen molar-refractivity contribution in [1.29, 1.82) is 0 Å². The largest absolute Gasteiger partial charge is 0.467 e. The average Bonchev–Trinajstić information content (AvgIpc) is 2.94. The summed E-state index contributed by atoms with van der Waals surface area (Å²) in [6, 6.07) is 6.88. The first-order valence-corrected chi connectivity index (χ1v) is 8.84. The van der Waals surface area contributed by atoms with Crippen LogP contribution >= 0.6 is 0 Å². The Balaban J connectivity index is 1.57. The van der Waals surface area contributed by atoms with Gasteiger partial charge < -0.3 is 14.8 Å². The van der Waals surface area contributed by atoms with Crippen LogP contribution in [0.1, 0.15) is 15.9 Å². The number of fused-ring (bicyclic) bond motifs is 1. The van der Waals surface area contributed by atoms with Crippen LogP contribution in [-0.2, 0) is 0 Å². The van der Waals surface area contributed by atoms with E-state index in [1.54, 1.807) is 0 Å². The van der Waals surface area contributed by atoms with Gasteiger partial charge in [-0.15, -0.1) is 0 Å². The van der Waals surface area contributed by atoms with Crippen LogP contribution in [-0.4, -0.2) is 37.2 Å². The number of halogens is 2. The van der Waals surface area contributed by atoms with E-state index in [-0.39, 0.29) is 5.82 Å². The predicted octanol–water partition coefficient (Wildman–Crippen LogP) is 1.63. The SMILES string of the molecule is BC1(B)Oc2cc(C)c(-c3cnc(NC(=O)c4c(F)cccc4F)cn3)cc2O1. The van der Waals surface area contributed by atoms with E-state index in [1.165, 1.54) is 18.5 Å². The molecule has 144 valence electrons. The molecule has 1 aliphatic heterocycles. The Labute approximate surface area is 167 Å². The Hall–Kier alpha value is -3.42. The molecule has 4 rings (SSSR count). The minimum Gasteiger partial charge on any atom is -0.467 e. The van der Waals surface area contributed by atoms with Crippen LogP contribution in [0.3, 0.4) is 0 Å². The molecule has 0 saturated heterocycles. The number of anilines is 1. The van der Waals surface area contributed by atoms with Crippen LogP contribution < -0.4 is 14.8 Å². The van der Waals surface area contributed by atoms with Gasteiger partial charge in [-0.3, -0.25) is 9.78 Å². The summed E-state index contributed by atoms with van der Waals surface area (Å²) in [5, 5.41) is 2.35. The fourth-order valence-electron chi connectivity index (χ4n) is 3.07. The fourth-order valence-corrected chi connectivity index (χ4v) is 3.07. The minimum atomic E-state index is -0.953. The van der Waals surface area contributed by atoms with E-state index in [9.17, 15) is 13.6 Å². The molecule has 1 aliphatic rings. The molecule has 2 heterocycles. The van der Waals surface area contributed by atoms with Crippen molar-refractivity contribution in [2.24, 2.45) is 0 Å². The maximum atomic E-state index is 13.7. The third-order valence-corrected chi connectivity index (χ3v) is 4.36. The van der Waals surface area contributed by atoms with Gasteiger partial charge in [0.2, 0.25) is 0 Å². The van der Waals surface area contributed by atoms with Gasteiger partial charge in [0.25, 0.3) is 5.91 Å². The molecule has 29 heavy (non-hydrogen) atoms. The molecule has 1 N–H and O–H groups in total. The van der Waals surface area contributed by atoms with E-state index in [4.69, 9.17) is 9.47 Å². The van der Waals surface area contributed by atoms with E-state index in [2.05, 4.69) is 15.3 Å². The minimum absolute atomic E-state index is 0.0703. The standard InChI is InChI=1S/C19H15B2F2N3O3/c1-9-5-14-15(29-19(20,21)28-14)6-10(9)13-7-25-16(8-24-13)26-18(27)17-11(22)3-2-4-12(17)23/h2-8H,20-21H2,1H3,(H,25,26,27). The van der Waals surface area contributed by atoms with E-state index < -0.39 is 28.7 Å². The summed E-state index contributed by atoms with van der Waals surface area (Å²) in [6.07, 6.45) is 2.78. The van der Waals surface area contributed by atoms with Gasteiger partial charge in [0.15, 0.2) is 38.6 Å². The number of ether oxygens (including phenoxy) is 2. The molecular weight excluding hydrogens is 378 g/mol. The topological polar surface area (TPSA) is 73.3 Å². The molecule has 10 heteroatoms.